The molecule has 4 unspecified atom stereocenters. The van der Waals surface area contributed by atoms with Gasteiger partial charge in [0.2, 0.25) is 41.4 Å². The van der Waals surface area contributed by atoms with Crippen molar-refractivity contribution in [2.75, 3.05) is 19.6 Å². The molecule has 65 heavy (non-hydrogen) atoms. The summed E-state index contributed by atoms with van der Waals surface area (Å²) in [4.78, 5) is 99.8. The summed E-state index contributed by atoms with van der Waals surface area (Å²) < 4.78 is 1.02. The van der Waals surface area contributed by atoms with E-state index in [9.17, 15) is 33.6 Å². The zero-order chi connectivity index (χ0) is 46.3. The number of hydrogen-bond acceptors (Lipinski definition) is 9. The highest BCUT2D eigenvalue weighted by Gasteiger charge is 2.40. The second kappa shape index (κ2) is 23.8. The van der Waals surface area contributed by atoms with Crippen LogP contribution in [0.15, 0.2) is 60.0 Å². The summed E-state index contributed by atoms with van der Waals surface area (Å²) in [5.41, 5.74) is 7.15. The van der Waals surface area contributed by atoms with Crippen LogP contribution >= 0.6 is 11.3 Å². The van der Waals surface area contributed by atoms with E-state index in [2.05, 4.69) is 37.2 Å². The first-order valence-corrected chi connectivity index (χ1v) is 23.9. The zero-order valence-corrected chi connectivity index (χ0v) is 37.9. The van der Waals surface area contributed by atoms with Crippen LogP contribution in [0.5, 0.6) is 0 Å². The molecule has 6 atom stereocenters. The van der Waals surface area contributed by atoms with E-state index in [1.54, 1.807) is 0 Å². The fourth-order valence-corrected chi connectivity index (χ4v) is 10.2. The standard InChI is InChI=1S/C47H64N10O7S/c1-29(58)52-36(25-30-13-4-2-5-14-30)42(60)54-35-19-11-22-50-41(59)34(18-10-23-51-47(48)49)53-44(62)38(27-32-28-65-40-21-9-8-17-33(32)40)55-43(61)37(26-31-15-6-3-7-16-31)56-45(63)39-20-12-24-57(39)46(35)64/h2,4-5,8-9,13-14,17,21,28,31,34-39H,3,6-7,10-12,15-16,18-20,22-27H2,1H3,(H,50,59)(H,52,58)(H,53,62)(H,54,60)(H,55,61)(H,56,63)(H4,48,49,51)/t34?,35?,36-,37+,38?,39?/m0/s1. The van der Waals surface area contributed by atoms with Gasteiger partial charge in [0.1, 0.15) is 36.3 Å². The van der Waals surface area contributed by atoms with Crippen LogP contribution in [0.25, 0.3) is 10.1 Å². The third-order valence-corrected chi connectivity index (χ3v) is 13.6. The Bertz CT molecular complexity index is 2160. The maximum atomic E-state index is 14.6. The maximum Gasteiger partial charge on any atom is 0.245 e. The predicted molar refractivity (Wildman–Crippen MR) is 248 cm³/mol. The molecule has 1 aromatic heterocycles. The van der Waals surface area contributed by atoms with E-state index in [1.807, 2.05) is 60.0 Å². The third kappa shape index (κ3) is 14.0. The van der Waals surface area contributed by atoms with Gasteiger partial charge in [-0.25, -0.2) is 0 Å². The number of carbonyl (C=O) groups is 7. The predicted octanol–water partition coefficient (Wildman–Crippen LogP) is 2.27. The molecule has 2 aromatic carbocycles. The van der Waals surface area contributed by atoms with Crippen molar-refractivity contribution in [3.05, 3.63) is 71.1 Å². The number of nitrogens with zero attached hydrogens (tertiary/aromatic N) is 1. The summed E-state index contributed by atoms with van der Waals surface area (Å²) in [6, 6.07) is 10.7. The van der Waals surface area contributed by atoms with Gasteiger partial charge in [-0.1, -0.05) is 80.6 Å². The molecule has 0 spiro atoms. The van der Waals surface area contributed by atoms with Crippen LogP contribution in [0.2, 0.25) is 0 Å². The molecule has 3 aliphatic rings. The quantitative estimate of drug-likeness (QED) is 0.0692. The second-order valence-corrected chi connectivity index (χ2v) is 18.4. The molecule has 7 amide bonds. The number of guanidine groups is 1. The minimum atomic E-state index is -1.12. The Hall–Kier alpha value is -6.04. The summed E-state index contributed by atoms with van der Waals surface area (Å²) in [5, 5.41) is 30.5. The lowest BCUT2D eigenvalue weighted by Crippen LogP contribution is -2.60. The molecule has 0 radical (unpaired) electrons. The lowest BCUT2D eigenvalue weighted by atomic mass is 9.84. The lowest BCUT2D eigenvalue weighted by molar-refractivity contribution is -0.142. The molecule has 18 heteroatoms. The van der Waals surface area contributed by atoms with Crippen molar-refractivity contribution >= 4 is 68.7 Å². The Morgan fingerprint density at radius 2 is 1.54 bits per heavy atom. The van der Waals surface area contributed by atoms with Gasteiger partial charge >= 0.3 is 0 Å². The van der Waals surface area contributed by atoms with Gasteiger partial charge in [-0.15, -0.1) is 11.3 Å². The monoisotopic (exact) mass is 912 g/mol. The van der Waals surface area contributed by atoms with Crippen LogP contribution in [0.3, 0.4) is 0 Å². The first-order valence-electron chi connectivity index (χ1n) is 23.0. The van der Waals surface area contributed by atoms with Crippen molar-refractivity contribution < 1.29 is 33.6 Å². The minimum absolute atomic E-state index is 0.0729. The topological polar surface area (TPSA) is 257 Å². The van der Waals surface area contributed by atoms with Crippen LogP contribution in [0.4, 0.5) is 0 Å². The maximum absolute atomic E-state index is 14.6. The minimum Gasteiger partial charge on any atom is -0.370 e. The van der Waals surface area contributed by atoms with Crippen molar-refractivity contribution in [2.45, 2.75) is 133 Å². The Morgan fingerprint density at radius 3 is 2.29 bits per heavy atom. The van der Waals surface area contributed by atoms with E-state index in [-0.39, 0.29) is 63.6 Å². The molecule has 1 saturated carbocycles. The van der Waals surface area contributed by atoms with Crippen LogP contribution in [-0.2, 0) is 46.4 Å². The highest BCUT2D eigenvalue weighted by atomic mass is 32.1. The molecule has 3 heterocycles. The third-order valence-electron chi connectivity index (χ3n) is 12.6. The van der Waals surface area contributed by atoms with Gasteiger partial charge in [-0.3, -0.25) is 39.0 Å². The Morgan fingerprint density at radius 1 is 0.831 bits per heavy atom. The SMILES string of the molecule is CC(=O)N[C@@H](Cc1ccccc1)C(=O)NC1CCCNC(=O)C(CCCNC(=N)N)NC(=O)C(Cc2csc3ccccc23)NC(=O)[C@@H](CC2CCCCC2)NC(=O)C2CCCN2C1=O. The number of thiophene rings is 1. The number of amides is 7. The Balaban J connectivity index is 1.31. The average Bonchev–Trinajstić information content (AvgIpc) is 3.95. The van der Waals surface area contributed by atoms with E-state index in [1.165, 1.54) is 23.2 Å². The van der Waals surface area contributed by atoms with E-state index in [0.717, 1.165) is 53.3 Å². The largest absolute Gasteiger partial charge is 0.370 e. The van der Waals surface area contributed by atoms with Crippen LogP contribution in [0.1, 0.15) is 95.1 Å². The molecule has 350 valence electrons. The molecule has 1 aliphatic carbocycles. The van der Waals surface area contributed by atoms with Gasteiger partial charge in [-0.2, -0.15) is 0 Å². The number of carbonyl (C=O) groups excluding carboxylic acids is 7. The summed E-state index contributed by atoms with van der Waals surface area (Å²) in [6.07, 6.45) is 7.19. The van der Waals surface area contributed by atoms with Gasteiger partial charge in [0.25, 0.3) is 0 Å². The van der Waals surface area contributed by atoms with Crippen molar-refractivity contribution in [3.63, 3.8) is 0 Å². The van der Waals surface area contributed by atoms with Crippen molar-refractivity contribution in [1.82, 2.24) is 42.1 Å². The van der Waals surface area contributed by atoms with E-state index >= 15 is 0 Å². The molecular weight excluding hydrogens is 849 g/mol. The fourth-order valence-electron chi connectivity index (χ4n) is 9.20. The molecule has 10 N–H and O–H groups in total. The molecule has 6 rings (SSSR count). The number of benzene rings is 2. The molecule has 2 saturated heterocycles. The molecule has 3 aromatic rings. The molecule has 2 aliphatic heterocycles. The first kappa shape index (κ1) is 48.4. The van der Waals surface area contributed by atoms with E-state index in [4.69, 9.17) is 11.1 Å². The fraction of sp³-hybridized carbons (Fsp3) is 0.532. The van der Waals surface area contributed by atoms with Crippen molar-refractivity contribution in [3.8, 4) is 0 Å². The van der Waals surface area contributed by atoms with Crippen LogP contribution in [-0.4, -0.2) is 108 Å². The number of hydrogen-bond donors (Lipinski definition) is 9. The van der Waals surface area contributed by atoms with Crippen molar-refractivity contribution in [2.24, 2.45) is 11.7 Å². The molecule has 0 bridgehead atoms. The van der Waals surface area contributed by atoms with Gasteiger partial charge in [0.05, 0.1) is 0 Å². The van der Waals surface area contributed by atoms with Gasteiger partial charge < -0.3 is 47.9 Å². The molecule has 3 fully saturated rings. The van der Waals surface area contributed by atoms with Crippen molar-refractivity contribution in [1.29, 1.82) is 5.41 Å². The average molecular weight is 913 g/mol. The number of nitrogens with one attached hydrogen (secondary N) is 8. The summed E-state index contributed by atoms with van der Waals surface area (Å²) in [5.74, 6) is -3.66. The smallest absolute Gasteiger partial charge is 0.245 e. The summed E-state index contributed by atoms with van der Waals surface area (Å²) >= 11 is 1.53. The van der Waals surface area contributed by atoms with E-state index < -0.39 is 77.6 Å². The first-order chi connectivity index (χ1) is 31.4. The van der Waals surface area contributed by atoms with Crippen LogP contribution in [0, 0.1) is 11.3 Å². The van der Waals surface area contributed by atoms with Crippen LogP contribution < -0.4 is 43.0 Å². The summed E-state index contributed by atoms with van der Waals surface area (Å²) in [7, 11) is 0. The number of fused-ring (bicyclic) bond motifs is 2. The number of rotatable bonds is 13. The Kier molecular flexibility index (Phi) is 17.7. The van der Waals surface area contributed by atoms with Gasteiger partial charge in [0.15, 0.2) is 5.96 Å². The second-order valence-electron chi connectivity index (χ2n) is 17.5. The summed E-state index contributed by atoms with van der Waals surface area (Å²) in [6.45, 7) is 1.90. The number of nitrogens with two attached hydrogens (primary N) is 1. The molecular formula is C47H64N10O7S. The highest BCUT2D eigenvalue weighted by molar-refractivity contribution is 7.17. The van der Waals surface area contributed by atoms with E-state index in [0.29, 0.717) is 25.7 Å². The normalized spacial score (nSPS) is 23.4. The van der Waals surface area contributed by atoms with Gasteiger partial charge in [-0.05, 0) is 78.8 Å². The zero-order valence-electron chi connectivity index (χ0n) is 37.1. The van der Waals surface area contributed by atoms with Gasteiger partial charge in [0, 0.05) is 44.1 Å². The molecule has 17 nitrogen and oxygen atoms in total. The Labute approximate surface area is 384 Å². The highest BCUT2D eigenvalue weighted by Crippen LogP contribution is 2.29. The lowest BCUT2D eigenvalue weighted by Gasteiger charge is -2.32.